The van der Waals surface area contributed by atoms with Crippen molar-refractivity contribution in [2.45, 2.75) is 42.0 Å². The van der Waals surface area contributed by atoms with E-state index in [1.807, 2.05) is 0 Å². The molecule has 2 heterocycles. The lowest BCUT2D eigenvalue weighted by atomic mass is 9.93. The second-order valence-electron chi connectivity index (χ2n) is 9.45. The van der Waals surface area contributed by atoms with E-state index in [1.165, 1.54) is 17.5 Å². The van der Waals surface area contributed by atoms with E-state index in [9.17, 15) is 23.4 Å². The first-order valence-electron chi connectivity index (χ1n) is 12.2. The number of carbonyl (C=O) groups is 1. The number of hydrogen-bond acceptors (Lipinski definition) is 7. The van der Waals surface area contributed by atoms with Gasteiger partial charge in [0.05, 0.1) is 29.7 Å². The van der Waals surface area contributed by atoms with E-state index in [-0.39, 0.29) is 29.2 Å². The van der Waals surface area contributed by atoms with Gasteiger partial charge in [0, 0.05) is 29.8 Å². The zero-order chi connectivity index (χ0) is 26.2. The molecule has 1 aliphatic carbocycles. The van der Waals surface area contributed by atoms with E-state index in [2.05, 4.69) is 10.3 Å². The van der Waals surface area contributed by atoms with Crippen LogP contribution in [-0.2, 0) is 20.2 Å². The fourth-order valence-electron chi connectivity index (χ4n) is 4.96. The van der Waals surface area contributed by atoms with E-state index in [0.717, 1.165) is 12.0 Å². The van der Waals surface area contributed by atoms with Gasteiger partial charge in [-0.2, -0.15) is 4.31 Å². The number of phenols is 1. The zero-order valence-electron chi connectivity index (χ0n) is 20.4. The van der Waals surface area contributed by atoms with Gasteiger partial charge in [-0.15, -0.1) is 0 Å². The van der Waals surface area contributed by atoms with E-state index in [4.69, 9.17) is 4.74 Å². The number of aromatic hydroxyl groups is 1. The summed E-state index contributed by atoms with van der Waals surface area (Å²) >= 11 is 0. The minimum atomic E-state index is -3.70. The number of nitrogens with zero attached hydrogens (tertiary/aromatic N) is 2. The number of rotatable bonds is 8. The predicted octanol–water partition coefficient (Wildman–Crippen LogP) is 3.28. The van der Waals surface area contributed by atoms with Crippen molar-refractivity contribution >= 4 is 21.7 Å². The molecule has 0 unspecified atom stereocenters. The fourth-order valence-corrected chi connectivity index (χ4v) is 6.65. The summed E-state index contributed by atoms with van der Waals surface area (Å²) in [7, 11) is -2.19. The largest absolute Gasteiger partial charge is 0.508 e. The standard InChI is InChI=1S/C27H29N3O6S/c1-36-24-16-20(32)9-12-22(24)27(13-14-27)26(33)29-25-6-2-5-23(28-25)18-7-10-21(11-8-18)37(34,35)30-15-3-4-19(30)17-31/h2,5-12,16,19,31-32H,3-4,13-15,17H2,1H3,(H,28,29,33)/t19-/m1/s1. The highest BCUT2D eigenvalue weighted by Crippen LogP contribution is 2.52. The minimum absolute atomic E-state index is 0.0682. The minimum Gasteiger partial charge on any atom is -0.508 e. The molecule has 2 aromatic carbocycles. The number of ether oxygens (including phenoxy) is 1. The molecule has 3 N–H and O–H groups in total. The van der Waals surface area contributed by atoms with Crippen LogP contribution in [0.25, 0.3) is 11.3 Å². The lowest BCUT2D eigenvalue weighted by molar-refractivity contribution is -0.118. The molecule has 1 amide bonds. The van der Waals surface area contributed by atoms with Crippen LogP contribution in [0.2, 0.25) is 0 Å². The topological polar surface area (TPSA) is 129 Å². The summed E-state index contributed by atoms with van der Waals surface area (Å²) < 4.78 is 32.8. The number of methoxy groups -OCH3 is 1. The maximum Gasteiger partial charge on any atom is 0.243 e. The van der Waals surface area contributed by atoms with Gasteiger partial charge in [-0.3, -0.25) is 4.79 Å². The number of sulfonamides is 1. The number of amides is 1. The number of benzene rings is 2. The van der Waals surface area contributed by atoms with E-state index < -0.39 is 15.4 Å². The van der Waals surface area contributed by atoms with Crippen LogP contribution in [0.4, 0.5) is 5.82 Å². The molecule has 10 heteroatoms. The van der Waals surface area contributed by atoms with Gasteiger partial charge < -0.3 is 20.3 Å². The molecule has 5 rings (SSSR count). The Kier molecular flexibility index (Phi) is 6.65. The average Bonchev–Trinajstić information content (AvgIpc) is 3.57. The summed E-state index contributed by atoms with van der Waals surface area (Å²) in [5.74, 6) is 0.708. The molecule has 0 spiro atoms. The molecule has 194 valence electrons. The van der Waals surface area contributed by atoms with Crippen molar-refractivity contribution in [3.63, 3.8) is 0 Å². The Morgan fingerprint density at radius 1 is 1.16 bits per heavy atom. The fraction of sp³-hybridized carbons (Fsp3) is 0.333. The Morgan fingerprint density at radius 3 is 2.59 bits per heavy atom. The first kappa shape index (κ1) is 25.2. The van der Waals surface area contributed by atoms with Gasteiger partial charge >= 0.3 is 0 Å². The summed E-state index contributed by atoms with van der Waals surface area (Å²) in [6, 6.07) is 16.1. The number of anilines is 1. The maximum atomic E-state index is 13.3. The molecule has 0 bridgehead atoms. The summed E-state index contributed by atoms with van der Waals surface area (Å²) in [5.41, 5.74) is 1.27. The quantitative estimate of drug-likeness (QED) is 0.413. The molecular formula is C27H29N3O6S. The van der Waals surface area contributed by atoms with Crippen molar-refractivity contribution in [3.8, 4) is 22.8 Å². The van der Waals surface area contributed by atoms with Crippen LogP contribution in [0.1, 0.15) is 31.2 Å². The Morgan fingerprint density at radius 2 is 1.92 bits per heavy atom. The number of aliphatic hydroxyl groups excluding tert-OH is 1. The molecule has 1 atom stereocenters. The first-order valence-corrected chi connectivity index (χ1v) is 13.6. The van der Waals surface area contributed by atoms with Gasteiger partial charge in [-0.25, -0.2) is 13.4 Å². The van der Waals surface area contributed by atoms with E-state index >= 15 is 0 Å². The molecule has 2 fully saturated rings. The summed E-state index contributed by atoms with van der Waals surface area (Å²) in [5, 5.41) is 22.2. The average molecular weight is 524 g/mol. The van der Waals surface area contributed by atoms with Crippen LogP contribution in [0, 0.1) is 0 Å². The predicted molar refractivity (Wildman–Crippen MR) is 138 cm³/mol. The highest BCUT2D eigenvalue weighted by Gasteiger charge is 2.53. The van der Waals surface area contributed by atoms with Gasteiger partial charge in [-0.05, 0) is 56.0 Å². The normalized spacial score (nSPS) is 18.9. The lowest BCUT2D eigenvalue weighted by Crippen LogP contribution is -2.37. The third kappa shape index (κ3) is 4.68. The van der Waals surface area contributed by atoms with Crippen molar-refractivity contribution in [3.05, 3.63) is 66.2 Å². The first-order chi connectivity index (χ1) is 17.8. The number of nitrogens with one attached hydrogen (secondary N) is 1. The number of aliphatic hydroxyl groups is 1. The van der Waals surface area contributed by atoms with E-state index in [1.54, 1.807) is 54.6 Å². The van der Waals surface area contributed by atoms with Crippen LogP contribution < -0.4 is 10.1 Å². The Balaban J connectivity index is 1.34. The second-order valence-corrected chi connectivity index (χ2v) is 11.3. The van der Waals surface area contributed by atoms with E-state index in [0.29, 0.717) is 48.6 Å². The number of pyridine rings is 1. The summed E-state index contributed by atoms with van der Waals surface area (Å²) in [6.07, 6.45) is 2.69. The number of hydrogen-bond donors (Lipinski definition) is 3. The van der Waals surface area contributed by atoms with Crippen molar-refractivity contribution in [2.24, 2.45) is 0 Å². The van der Waals surface area contributed by atoms with Gasteiger partial charge in [0.15, 0.2) is 0 Å². The smallest absolute Gasteiger partial charge is 0.243 e. The molecule has 1 aliphatic heterocycles. The molecule has 1 saturated heterocycles. The van der Waals surface area contributed by atoms with Crippen molar-refractivity contribution < 1.29 is 28.2 Å². The molecular weight excluding hydrogens is 494 g/mol. The zero-order valence-corrected chi connectivity index (χ0v) is 21.2. The second kappa shape index (κ2) is 9.77. The molecule has 1 saturated carbocycles. The van der Waals surface area contributed by atoms with Crippen molar-refractivity contribution in [1.82, 2.24) is 9.29 Å². The van der Waals surface area contributed by atoms with Gasteiger partial charge in [0.2, 0.25) is 15.9 Å². The maximum absolute atomic E-state index is 13.3. The van der Waals surface area contributed by atoms with Crippen LogP contribution >= 0.6 is 0 Å². The Bertz CT molecular complexity index is 1420. The number of carbonyl (C=O) groups excluding carboxylic acids is 1. The lowest BCUT2D eigenvalue weighted by Gasteiger charge is -2.22. The van der Waals surface area contributed by atoms with Gasteiger partial charge in [0.25, 0.3) is 0 Å². The Labute approximate surface area is 215 Å². The molecule has 1 aromatic heterocycles. The molecule has 0 radical (unpaired) electrons. The van der Waals surface area contributed by atoms with Crippen molar-refractivity contribution in [1.29, 1.82) is 0 Å². The highest BCUT2D eigenvalue weighted by molar-refractivity contribution is 7.89. The van der Waals surface area contributed by atoms with Crippen molar-refractivity contribution in [2.75, 3.05) is 25.6 Å². The summed E-state index contributed by atoms with van der Waals surface area (Å²) in [4.78, 5) is 18.0. The number of phenolic OH excluding ortho intramolecular Hbond substituents is 1. The summed E-state index contributed by atoms with van der Waals surface area (Å²) in [6.45, 7) is 0.205. The monoisotopic (exact) mass is 523 g/mol. The van der Waals surface area contributed by atoms with Crippen LogP contribution in [0.15, 0.2) is 65.6 Å². The highest BCUT2D eigenvalue weighted by atomic mass is 32.2. The number of aromatic nitrogens is 1. The van der Waals surface area contributed by atoms with Crippen LogP contribution in [0.5, 0.6) is 11.5 Å². The van der Waals surface area contributed by atoms with Gasteiger partial charge in [0.1, 0.15) is 17.3 Å². The van der Waals surface area contributed by atoms with Gasteiger partial charge in [-0.1, -0.05) is 24.3 Å². The SMILES string of the molecule is COc1cc(O)ccc1C1(C(=O)Nc2cccc(-c3ccc(S(=O)(=O)N4CCC[C@@H]4CO)cc3)n2)CC1. The molecule has 2 aliphatic rings. The molecule has 9 nitrogen and oxygen atoms in total. The van der Waals surface area contributed by atoms with Crippen LogP contribution in [0.3, 0.4) is 0 Å². The molecule has 37 heavy (non-hydrogen) atoms. The third-order valence-electron chi connectivity index (χ3n) is 7.17. The van der Waals surface area contributed by atoms with Crippen LogP contribution in [-0.4, -0.2) is 60.1 Å². The third-order valence-corrected chi connectivity index (χ3v) is 9.13. The molecule has 3 aromatic rings. The Hall–Kier alpha value is -3.47.